The number of nitrogens with one attached hydrogen (secondary N) is 1. The van der Waals surface area contributed by atoms with Crippen LogP contribution in [-0.4, -0.2) is 25.5 Å². The van der Waals surface area contributed by atoms with E-state index >= 15 is 0 Å². The molecule has 0 amide bonds. The van der Waals surface area contributed by atoms with Crippen LogP contribution in [0.15, 0.2) is 53.0 Å². The van der Waals surface area contributed by atoms with Crippen LogP contribution in [0.5, 0.6) is 0 Å². The Hall–Kier alpha value is -1.63. The van der Waals surface area contributed by atoms with Crippen LogP contribution in [0.3, 0.4) is 0 Å². The monoisotopic (exact) mass is 383 g/mol. The molecular weight excluding hydrogens is 362 g/mol. The topological polar surface area (TPSA) is 83.5 Å². The second-order valence-corrected chi connectivity index (χ2v) is 8.10. The van der Waals surface area contributed by atoms with Gasteiger partial charge in [0, 0.05) is 17.5 Å². The number of aliphatic carboxylic acids is 1. The van der Waals surface area contributed by atoms with Crippen molar-refractivity contribution in [3.8, 4) is 0 Å². The number of halogens is 1. The van der Waals surface area contributed by atoms with Crippen molar-refractivity contribution < 1.29 is 18.3 Å². The van der Waals surface area contributed by atoms with E-state index in [9.17, 15) is 13.2 Å². The fourth-order valence-electron chi connectivity index (χ4n) is 2.70. The van der Waals surface area contributed by atoms with Crippen molar-refractivity contribution in [1.29, 1.82) is 0 Å². The highest BCUT2D eigenvalue weighted by molar-refractivity contribution is 7.89. The van der Waals surface area contributed by atoms with Crippen molar-refractivity contribution in [3.63, 3.8) is 0 Å². The van der Waals surface area contributed by atoms with E-state index in [4.69, 9.17) is 16.7 Å². The van der Waals surface area contributed by atoms with Crippen LogP contribution >= 0.6 is 11.6 Å². The Balaban J connectivity index is 1.89. The number of unbranched alkanes of at least 4 members (excludes halogenated alkanes) is 1. The van der Waals surface area contributed by atoms with Gasteiger partial charge in [-0.3, -0.25) is 4.79 Å². The van der Waals surface area contributed by atoms with Gasteiger partial charge in [0.25, 0.3) is 0 Å². The lowest BCUT2D eigenvalue weighted by atomic mass is 10.1. The van der Waals surface area contributed by atoms with Crippen LogP contribution < -0.4 is 4.72 Å². The number of hydrogen-bond donors (Lipinski definition) is 2. The Morgan fingerprint density at radius 1 is 1.28 bits per heavy atom. The Labute approximate surface area is 153 Å². The molecule has 0 aromatic heterocycles. The number of carbonyl (C=O) groups is 1. The Morgan fingerprint density at radius 2 is 2.00 bits per heavy atom. The summed E-state index contributed by atoms with van der Waals surface area (Å²) in [7, 11) is -3.58. The summed E-state index contributed by atoms with van der Waals surface area (Å²) in [6, 6.07) is 5.89. The van der Waals surface area contributed by atoms with Crippen molar-refractivity contribution in [1.82, 2.24) is 4.72 Å². The van der Waals surface area contributed by atoms with Crippen LogP contribution in [0.25, 0.3) is 0 Å². The molecule has 0 radical (unpaired) electrons. The van der Waals surface area contributed by atoms with Crippen molar-refractivity contribution in [2.24, 2.45) is 0 Å². The summed E-state index contributed by atoms with van der Waals surface area (Å²) >= 11 is 5.80. The predicted octanol–water partition coefficient (Wildman–Crippen LogP) is 3.91. The van der Waals surface area contributed by atoms with Gasteiger partial charge in [0.1, 0.15) is 0 Å². The van der Waals surface area contributed by atoms with Gasteiger partial charge in [-0.15, -0.1) is 0 Å². The van der Waals surface area contributed by atoms with Crippen molar-refractivity contribution in [2.45, 2.75) is 49.5 Å². The number of sulfonamides is 1. The minimum atomic E-state index is -3.58. The second-order valence-electron chi connectivity index (χ2n) is 5.95. The lowest BCUT2D eigenvalue weighted by Crippen LogP contribution is -2.34. The average Bonchev–Trinajstić information content (AvgIpc) is 2.97. The van der Waals surface area contributed by atoms with Crippen molar-refractivity contribution in [3.05, 3.63) is 53.1 Å². The molecule has 5 nitrogen and oxygen atoms in total. The first-order valence-electron chi connectivity index (χ1n) is 8.22. The van der Waals surface area contributed by atoms with E-state index in [1.54, 1.807) is 12.1 Å². The molecule has 7 heteroatoms. The lowest BCUT2D eigenvalue weighted by Gasteiger charge is -2.16. The molecule has 0 heterocycles. The van der Waals surface area contributed by atoms with Crippen LogP contribution in [0.2, 0.25) is 5.02 Å². The number of hydrogen-bond acceptors (Lipinski definition) is 3. The molecule has 2 rings (SSSR count). The fourth-order valence-corrected chi connectivity index (χ4v) is 4.10. The largest absolute Gasteiger partial charge is 0.481 e. The maximum absolute atomic E-state index is 12.5. The first kappa shape index (κ1) is 19.7. The van der Waals surface area contributed by atoms with E-state index in [2.05, 4.69) is 10.8 Å². The molecule has 136 valence electrons. The zero-order chi connectivity index (χ0) is 18.3. The van der Waals surface area contributed by atoms with Gasteiger partial charge in [0.05, 0.1) is 4.90 Å². The minimum absolute atomic E-state index is 0.163. The second kappa shape index (κ2) is 9.17. The van der Waals surface area contributed by atoms with Gasteiger partial charge in [0.2, 0.25) is 10.0 Å². The van der Waals surface area contributed by atoms with Crippen LogP contribution in [0, 0.1) is 0 Å². The van der Waals surface area contributed by atoms with Crippen LogP contribution in [-0.2, 0) is 14.8 Å². The molecule has 0 unspecified atom stereocenters. The van der Waals surface area contributed by atoms with E-state index in [1.807, 2.05) is 12.2 Å². The minimum Gasteiger partial charge on any atom is -0.481 e. The van der Waals surface area contributed by atoms with E-state index in [0.717, 1.165) is 18.4 Å². The van der Waals surface area contributed by atoms with Gasteiger partial charge in [-0.2, -0.15) is 0 Å². The molecule has 1 aromatic rings. The molecule has 0 bridgehead atoms. The first-order chi connectivity index (χ1) is 11.9. The SMILES string of the molecule is O=C(O)CCC/C=C\CC1=CCC[C@@H]1NS(=O)(=O)c1ccc(Cl)cc1. The quantitative estimate of drug-likeness (QED) is 0.500. The Morgan fingerprint density at radius 3 is 2.68 bits per heavy atom. The standard InChI is InChI=1S/C18H22ClNO4S/c19-15-10-12-16(13-11-15)25(23,24)20-17-8-5-7-14(17)6-3-1-2-4-9-18(21)22/h1,3,7,10-13,17,20H,2,4-6,8-9H2,(H,21,22)/b3-1-/t17-/m0/s1. The normalized spacial score (nSPS) is 17.8. The smallest absolute Gasteiger partial charge is 0.303 e. The number of benzene rings is 1. The lowest BCUT2D eigenvalue weighted by molar-refractivity contribution is -0.137. The molecule has 0 saturated carbocycles. The number of carboxylic acids is 1. The number of allylic oxidation sites excluding steroid dienone is 3. The molecule has 1 aliphatic carbocycles. The molecule has 0 aliphatic heterocycles. The fraction of sp³-hybridized carbons (Fsp3) is 0.389. The highest BCUT2D eigenvalue weighted by atomic mass is 35.5. The molecule has 0 spiro atoms. The molecule has 1 atom stereocenters. The molecular formula is C18H22ClNO4S. The molecule has 2 N–H and O–H groups in total. The van der Waals surface area contributed by atoms with Gasteiger partial charge in [-0.25, -0.2) is 13.1 Å². The summed E-state index contributed by atoms with van der Waals surface area (Å²) < 4.78 is 27.7. The number of rotatable bonds is 9. The zero-order valence-corrected chi connectivity index (χ0v) is 15.4. The third-order valence-corrected chi connectivity index (χ3v) is 5.75. The van der Waals surface area contributed by atoms with Crippen molar-refractivity contribution in [2.75, 3.05) is 0 Å². The number of carboxylic acid groups (broad SMARTS) is 1. The zero-order valence-electron chi connectivity index (χ0n) is 13.8. The van der Waals surface area contributed by atoms with Gasteiger partial charge in [-0.1, -0.05) is 35.4 Å². The Kier molecular flexibility index (Phi) is 7.23. The summed E-state index contributed by atoms with van der Waals surface area (Å²) in [6.07, 6.45) is 9.73. The molecule has 0 fully saturated rings. The highest BCUT2D eigenvalue weighted by Crippen LogP contribution is 2.24. The van der Waals surface area contributed by atoms with E-state index in [0.29, 0.717) is 24.3 Å². The van der Waals surface area contributed by atoms with Gasteiger partial charge < -0.3 is 5.11 Å². The summed E-state index contributed by atoms with van der Waals surface area (Å²) in [5.74, 6) is -0.788. The van der Waals surface area contributed by atoms with E-state index in [1.165, 1.54) is 12.1 Å². The maximum atomic E-state index is 12.5. The summed E-state index contributed by atoms with van der Waals surface area (Å²) in [6.45, 7) is 0. The average molecular weight is 384 g/mol. The van der Waals surface area contributed by atoms with Crippen molar-refractivity contribution >= 4 is 27.6 Å². The molecule has 1 aromatic carbocycles. The third-order valence-electron chi connectivity index (χ3n) is 4.01. The summed E-state index contributed by atoms with van der Waals surface area (Å²) in [5.41, 5.74) is 1.05. The Bertz CT molecular complexity index is 754. The maximum Gasteiger partial charge on any atom is 0.303 e. The van der Waals surface area contributed by atoms with Gasteiger partial charge in [0.15, 0.2) is 0 Å². The van der Waals surface area contributed by atoms with Gasteiger partial charge >= 0.3 is 5.97 Å². The van der Waals surface area contributed by atoms with Crippen LogP contribution in [0.1, 0.15) is 38.5 Å². The van der Waals surface area contributed by atoms with E-state index in [-0.39, 0.29) is 17.4 Å². The van der Waals surface area contributed by atoms with E-state index < -0.39 is 16.0 Å². The van der Waals surface area contributed by atoms with Gasteiger partial charge in [-0.05, 0) is 56.4 Å². The predicted molar refractivity (Wildman–Crippen MR) is 98.1 cm³/mol. The van der Waals surface area contributed by atoms with Crippen LogP contribution in [0.4, 0.5) is 0 Å². The molecule has 1 aliphatic rings. The summed E-state index contributed by atoms with van der Waals surface area (Å²) in [4.78, 5) is 10.6. The molecule has 0 saturated heterocycles. The third kappa shape index (κ3) is 6.30. The molecule has 25 heavy (non-hydrogen) atoms. The first-order valence-corrected chi connectivity index (χ1v) is 10.1. The summed E-state index contributed by atoms with van der Waals surface area (Å²) in [5, 5.41) is 9.08. The highest BCUT2D eigenvalue weighted by Gasteiger charge is 2.24.